The van der Waals surface area contributed by atoms with E-state index in [2.05, 4.69) is 9.71 Å². The van der Waals surface area contributed by atoms with Gasteiger partial charge in [-0.2, -0.15) is 4.31 Å². The highest BCUT2D eigenvalue weighted by Crippen LogP contribution is 2.24. The molecule has 36 heavy (non-hydrogen) atoms. The third kappa shape index (κ3) is 5.65. The second-order valence-electron chi connectivity index (χ2n) is 8.59. The molecule has 4 rings (SSSR count). The van der Waals surface area contributed by atoms with Crippen molar-refractivity contribution in [2.75, 3.05) is 19.3 Å². The summed E-state index contributed by atoms with van der Waals surface area (Å²) in [5.74, 6) is -1.52. The van der Waals surface area contributed by atoms with Crippen molar-refractivity contribution < 1.29 is 31.6 Å². The minimum absolute atomic E-state index is 0.0824. The zero-order valence-electron chi connectivity index (χ0n) is 19.6. The van der Waals surface area contributed by atoms with Gasteiger partial charge in [0.1, 0.15) is 12.4 Å². The molecule has 2 heterocycles. The highest BCUT2D eigenvalue weighted by molar-refractivity contribution is 7.89. The van der Waals surface area contributed by atoms with Crippen LogP contribution in [0.3, 0.4) is 0 Å². The van der Waals surface area contributed by atoms with E-state index < -0.39 is 37.9 Å². The maximum absolute atomic E-state index is 13.0. The largest absolute Gasteiger partial charge is 0.489 e. The second-order valence-corrected chi connectivity index (χ2v) is 12.3. The van der Waals surface area contributed by atoms with Crippen molar-refractivity contribution in [3.05, 3.63) is 65.9 Å². The van der Waals surface area contributed by atoms with Gasteiger partial charge >= 0.3 is 0 Å². The molecular formula is C23H26N4O7S2. The van der Waals surface area contributed by atoms with Crippen molar-refractivity contribution in [2.45, 2.75) is 24.5 Å². The number of fused-ring (bicyclic) bond motifs is 1. The van der Waals surface area contributed by atoms with E-state index in [9.17, 15) is 21.6 Å². The van der Waals surface area contributed by atoms with Crippen LogP contribution in [0.1, 0.15) is 11.3 Å². The fourth-order valence-corrected chi connectivity index (χ4v) is 6.29. The van der Waals surface area contributed by atoms with Gasteiger partial charge < -0.3 is 4.74 Å². The topological polar surface area (TPSA) is 155 Å². The number of ether oxygens (including phenoxy) is 1. The lowest BCUT2D eigenvalue weighted by Crippen LogP contribution is -2.45. The third-order valence-corrected chi connectivity index (χ3v) is 8.71. The van der Waals surface area contributed by atoms with Crippen LogP contribution in [0.5, 0.6) is 5.75 Å². The average molecular weight is 535 g/mol. The number of aromatic nitrogens is 1. The van der Waals surface area contributed by atoms with Gasteiger partial charge in [-0.3, -0.25) is 15.0 Å². The zero-order chi connectivity index (χ0) is 26.1. The molecule has 11 nitrogen and oxygen atoms in total. The van der Waals surface area contributed by atoms with Crippen molar-refractivity contribution in [3.63, 3.8) is 0 Å². The number of carbonyl (C=O) groups is 1. The van der Waals surface area contributed by atoms with Gasteiger partial charge in [0.2, 0.25) is 26.0 Å². The Morgan fingerprint density at radius 1 is 1.11 bits per heavy atom. The van der Waals surface area contributed by atoms with Crippen molar-refractivity contribution >= 4 is 36.9 Å². The number of pyridine rings is 1. The molecule has 192 valence electrons. The van der Waals surface area contributed by atoms with Crippen LogP contribution >= 0.6 is 0 Å². The lowest BCUT2D eigenvalue weighted by molar-refractivity contribution is -0.133. The second kappa shape index (κ2) is 10.1. The fraction of sp³-hybridized carbons (Fsp3) is 0.304. The van der Waals surface area contributed by atoms with Crippen LogP contribution in [-0.2, 0) is 31.4 Å². The number of benzene rings is 2. The molecule has 1 amide bonds. The predicted molar refractivity (Wildman–Crippen MR) is 131 cm³/mol. The van der Waals surface area contributed by atoms with E-state index in [0.29, 0.717) is 5.75 Å². The highest BCUT2D eigenvalue weighted by Gasteiger charge is 2.43. The summed E-state index contributed by atoms with van der Waals surface area (Å²) >= 11 is 0. The molecule has 1 aliphatic heterocycles. The Morgan fingerprint density at radius 3 is 2.47 bits per heavy atom. The molecule has 0 radical (unpaired) electrons. The molecule has 13 heteroatoms. The maximum atomic E-state index is 13.0. The Kier molecular flexibility index (Phi) is 7.29. The number of nitrogens with zero attached hydrogens (tertiary/aromatic N) is 2. The van der Waals surface area contributed by atoms with E-state index in [4.69, 9.17) is 9.94 Å². The quantitative estimate of drug-likeness (QED) is 0.287. The Morgan fingerprint density at radius 2 is 1.81 bits per heavy atom. The van der Waals surface area contributed by atoms with Crippen molar-refractivity contribution in [1.82, 2.24) is 19.5 Å². The number of hydroxylamine groups is 1. The smallest absolute Gasteiger partial charge is 0.249 e. The van der Waals surface area contributed by atoms with Gasteiger partial charge in [-0.25, -0.2) is 27.0 Å². The molecule has 0 bridgehead atoms. The van der Waals surface area contributed by atoms with Gasteiger partial charge in [-0.1, -0.05) is 18.2 Å². The summed E-state index contributed by atoms with van der Waals surface area (Å²) in [4.78, 5) is 16.4. The standard InChI is InChI=1S/C23H26N4O7S2/c1-15-11-16(19-5-3-4-6-21(19)24-15)14-34-17-7-9-18(10-8-17)36(32,33)26-22-13-27(35(2,30)31)12-20(22)23(28)25-29/h3-11,20,22,26,29H,12-14H2,1-2H3,(H,25,28)/t20-,22+/m0/s1. The molecule has 0 spiro atoms. The monoisotopic (exact) mass is 534 g/mol. The Labute approximate surface area is 209 Å². The molecule has 1 fully saturated rings. The molecule has 1 aliphatic rings. The van der Waals surface area contributed by atoms with Crippen LogP contribution in [0, 0.1) is 12.8 Å². The summed E-state index contributed by atoms with van der Waals surface area (Å²) in [6.45, 7) is 1.66. The Hall–Kier alpha value is -3.10. The lowest BCUT2D eigenvalue weighted by Gasteiger charge is -2.18. The molecule has 2 atom stereocenters. The minimum Gasteiger partial charge on any atom is -0.489 e. The van der Waals surface area contributed by atoms with Crippen molar-refractivity contribution in [2.24, 2.45) is 5.92 Å². The fourth-order valence-electron chi connectivity index (χ4n) is 4.16. The summed E-state index contributed by atoms with van der Waals surface area (Å²) in [5, 5.41) is 9.96. The number of carbonyl (C=O) groups excluding carboxylic acids is 1. The van der Waals surface area contributed by atoms with Crippen molar-refractivity contribution in [3.8, 4) is 5.75 Å². The molecule has 0 aliphatic carbocycles. The summed E-state index contributed by atoms with van der Waals surface area (Å²) in [5.41, 5.74) is 4.13. The molecule has 3 N–H and O–H groups in total. The number of rotatable bonds is 8. The van der Waals surface area contributed by atoms with Gasteiger partial charge in [-0.15, -0.1) is 0 Å². The summed E-state index contributed by atoms with van der Waals surface area (Å²) < 4.78 is 59.0. The first-order chi connectivity index (χ1) is 17.0. The first-order valence-electron chi connectivity index (χ1n) is 11.0. The number of hydrogen-bond donors (Lipinski definition) is 3. The maximum Gasteiger partial charge on any atom is 0.249 e. The number of amides is 1. The summed E-state index contributed by atoms with van der Waals surface area (Å²) in [7, 11) is -7.77. The number of aryl methyl sites for hydroxylation is 1. The van der Waals surface area contributed by atoms with E-state index >= 15 is 0 Å². The number of sulfonamides is 2. The molecule has 2 aromatic carbocycles. The minimum atomic E-state index is -4.10. The molecule has 0 saturated carbocycles. The van der Waals surface area contributed by atoms with E-state index in [-0.39, 0.29) is 24.6 Å². The number of para-hydroxylation sites is 1. The van der Waals surface area contributed by atoms with Crippen LogP contribution in [0.25, 0.3) is 10.9 Å². The first kappa shape index (κ1) is 26.0. The van der Waals surface area contributed by atoms with E-state index in [1.807, 2.05) is 37.3 Å². The summed E-state index contributed by atoms with van der Waals surface area (Å²) in [6, 6.07) is 14.3. The molecule has 3 aromatic rings. The Bertz CT molecular complexity index is 1490. The zero-order valence-corrected chi connectivity index (χ0v) is 21.2. The normalized spacial score (nSPS) is 18.9. The summed E-state index contributed by atoms with van der Waals surface area (Å²) in [6.07, 6.45) is 0.965. The van der Waals surface area contributed by atoms with Crippen LogP contribution in [-0.4, -0.2) is 62.6 Å². The van der Waals surface area contributed by atoms with Crippen LogP contribution in [0.4, 0.5) is 0 Å². The molecule has 1 saturated heterocycles. The van der Waals surface area contributed by atoms with E-state index in [1.54, 1.807) is 0 Å². The van der Waals surface area contributed by atoms with Gasteiger partial charge in [0, 0.05) is 35.8 Å². The molecule has 0 unspecified atom stereocenters. The molecule has 1 aromatic heterocycles. The Balaban J connectivity index is 1.47. The predicted octanol–water partition coefficient (Wildman–Crippen LogP) is 1.17. The van der Waals surface area contributed by atoms with Gasteiger partial charge in [0.05, 0.1) is 22.6 Å². The average Bonchev–Trinajstić information content (AvgIpc) is 3.26. The first-order valence-corrected chi connectivity index (χ1v) is 14.3. The van der Waals surface area contributed by atoms with Gasteiger partial charge in [0.25, 0.3) is 0 Å². The SMILES string of the molecule is Cc1cc(COc2ccc(S(=O)(=O)N[C@@H]3CN(S(C)(=O)=O)C[C@@H]3C(=O)NO)cc2)c2ccccc2n1. The lowest BCUT2D eigenvalue weighted by atomic mass is 10.0. The van der Waals surface area contributed by atoms with Gasteiger partial charge in [0.15, 0.2) is 0 Å². The molecular weight excluding hydrogens is 508 g/mol. The van der Waals surface area contributed by atoms with Gasteiger partial charge in [-0.05, 0) is 43.3 Å². The van der Waals surface area contributed by atoms with Crippen molar-refractivity contribution in [1.29, 1.82) is 0 Å². The highest BCUT2D eigenvalue weighted by atomic mass is 32.2. The van der Waals surface area contributed by atoms with E-state index in [0.717, 1.165) is 32.7 Å². The van der Waals surface area contributed by atoms with Crippen LogP contribution in [0.2, 0.25) is 0 Å². The van der Waals surface area contributed by atoms with Crippen LogP contribution < -0.4 is 14.9 Å². The number of nitrogens with one attached hydrogen (secondary N) is 2. The third-order valence-electron chi connectivity index (χ3n) is 5.97. The van der Waals surface area contributed by atoms with Crippen LogP contribution in [0.15, 0.2) is 59.5 Å². The van der Waals surface area contributed by atoms with E-state index in [1.165, 1.54) is 29.7 Å². The number of hydrogen-bond acceptors (Lipinski definition) is 8.